The van der Waals surface area contributed by atoms with E-state index in [4.69, 9.17) is 0 Å². The van der Waals surface area contributed by atoms with Crippen LogP contribution in [-0.2, 0) is 0 Å². The lowest BCUT2D eigenvalue weighted by Gasteiger charge is -2.27. The lowest BCUT2D eigenvalue weighted by atomic mass is 10.3. The summed E-state index contributed by atoms with van der Waals surface area (Å²) in [7, 11) is 1.49. The van der Waals surface area contributed by atoms with Crippen molar-refractivity contribution in [3.8, 4) is 0 Å². The van der Waals surface area contributed by atoms with E-state index in [9.17, 15) is 9.59 Å². The van der Waals surface area contributed by atoms with Crippen molar-refractivity contribution in [1.82, 2.24) is 15.5 Å². The first-order valence-electron chi connectivity index (χ1n) is 6.19. The summed E-state index contributed by atoms with van der Waals surface area (Å²) in [6.45, 7) is 11.2. The van der Waals surface area contributed by atoms with Gasteiger partial charge in [-0.15, -0.1) is 13.2 Å². The minimum Gasteiger partial charge on any atom is -0.339 e. The van der Waals surface area contributed by atoms with Gasteiger partial charge in [-0.3, -0.25) is 4.90 Å². The Morgan fingerprint density at radius 2 is 2.00 bits per heavy atom. The van der Waals surface area contributed by atoms with E-state index < -0.39 is 6.03 Å². The highest BCUT2D eigenvalue weighted by Gasteiger charge is 2.23. The molecule has 0 aromatic carbocycles. The van der Waals surface area contributed by atoms with Crippen LogP contribution in [0.1, 0.15) is 13.8 Å². The Morgan fingerprint density at radius 3 is 2.45 bits per heavy atom. The van der Waals surface area contributed by atoms with Gasteiger partial charge < -0.3 is 10.6 Å². The minimum absolute atomic E-state index is 0.138. The quantitative estimate of drug-likeness (QED) is 0.464. The summed E-state index contributed by atoms with van der Waals surface area (Å²) in [4.78, 5) is 28.9. The summed E-state index contributed by atoms with van der Waals surface area (Å²) in [5, 5.41) is 5.42. The van der Waals surface area contributed by atoms with Crippen molar-refractivity contribution < 1.29 is 9.59 Å². The number of nitrogens with one attached hydrogen (secondary N) is 2. The molecule has 112 valence electrons. The number of thioether (sulfide) groups is 1. The smallest absolute Gasteiger partial charge is 0.339 e. The number of amidine groups is 1. The fourth-order valence-electron chi connectivity index (χ4n) is 1.22. The largest absolute Gasteiger partial charge is 0.343 e. The van der Waals surface area contributed by atoms with Crippen molar-refractivity contribution in [1.29, 1.82) is 0 Å². The number of carbonyl (C=O) groups excluding carboxylic acids is 2. The Hall–Kier alpha value is -1.76. The fraction of sp³-hybridized carbons (Fsp3) is 0.462. The number of nitrogens with zero attached hydrogens (tertiary/aromatic N) is 2. The van der Waals surface area contributed by atoms with Gasteiger partial charge in [0, 0.05) is 25.4 Å². The van der Waals surface area contributed by atoms with Crippen LogP contribution in [0, 0.1) is 0 Å². The molecule has 0 atom stereocenters. The fourth-order valence-corrected chi connectivity index (χ4v) is 2.07. The SMILES string of the molecule is C=CCNC(=O)N(C(=NC(=O)NC)SCC=C)C(C)C. The number of urea groups is 2. The summed E-state index contributed by atoms with van der Waals surface area (Å²) in [5.74, 6) is 0.549. The number of amides is 4. The molecule has 0 rings (SSSR count). The maximum atomic E-state index is 12.1. The van der Waals surface area contributed by atoms with Crippen LogP contribution in [0.25, 0.3) is 0 Å². The van der Waals surface area contributed by atoms with Crippen LogP contribution in [0.3, 0.4) is 0 Å². The predicted octanol–water partition coefficient (Wildman–Crippen LogP) is 2.21. The van der Waals surface area contributed by atoms with Crippen LogP contribution in [0.2, 0.25) is 0 Å². The molecule has 0 spiro atoms. The Kier molecular flexibility index (Phi) is 9.19. The van der Waals surface area contributed by atoms with E-state index in [1.165, 1.54) is 23.7 Å². The molecule has 4 amide bonds. The maximum absolute atomic E-state index is 12.1. The van der Waals surface area contributed by atoms with E-state index in [1.54, 1.807) is 12.2 Å². The average molecular weight is 298 g/mol. The molecule has 2 N–H and O–H groups in total. The van der Waals surface area contributed by atoms with E-state index in [0.717, 1.165) is 0 Å². The maximum Gasteiger partial charge on any atom is 0.343 e. The Morgan fingerprint density at radius 1 is 1.35 bits per heavy atom. The molecule has 0 aliphatic rings. The molecule has 0 bridgehead atoms. The zero-order chi connectivity index (χ0) is 15.5. The standard InChI is InChI=1S/C13H22N4O2S/c1-6-8-15-12(19)17(10(3)4)13(20-9-7-2)16-11(18)14-5/h6-7,10H,1-2,8-9H2,3-5H3,(H,14,18)(H,15,19). The molecule has 0 aliphatic carbocycles. The highest BCUT2D eigenvalue weighted by Crippen LogP contribution is 2.13. The van der Waals surface area contributed by atoms with Crippen molar-refractivity contribution in [3.05, 3.63) is 25.3 Å². The van der Waals surface area contributed by atoms with Crippen LogP contribution >= 0.6 is 11.8 Å². The second-order valence-electron chi connectivity index (χ2n) is 3.99. The molecule has 0 aliphatic heterocycles. The van der Waals surface area contributed by atoms with Gasteiger partial charge in [0.1, 0.15) is 0 Å². The molecular formula is C13H22N4O2S. The monoisotopic (exact) mass is 298 g/mol. The number of hydrogen-bond donors (Lipinski definition) is 2. The summed E-state index contributed by atoms with van der Waals surface area (Å²) in [6.07, 6.45) is 3.27. The van der Waals surface area contributed by atoms with Crippen molar-refractivity contribution in [2.75, 3.05) is 19.3 Å². The lowest BCUT2D eigenvalue weighted by Crippen LogP contribution is -2.47. The highest BCUT2D eigenvalue weighted by molar-refractivity contribution is 8.14. The molecule has 0 aromatic heterocycles. The van der Waals surface area contributed by atoms with E-state index in [1.807, 2.05) is 13.8 Å². The second kappa shape index (κ2) is 10.1. The van der Waals surface area contributed by atoms with Gasteiger partial charge in [0.25, 0.3) is 0 Å². The first kappa shape index (κ1) is 18.2. The molecule has 6 nitrogen and oxygen atoms in total. The topological polar surface area (TPSA) is 73.8 Å². The van der Waals surface area contributed by atoms with Gasteiger partial charge in [-0.25, -0.2) is 9.59 Å². The molecule has 0 fully saturated rings. The van der Waals surface area contributed by atoms with E-state index in [0.29, 0.717) is 17.5 Å². The summed E-state index contributed by atoms with van der Waals surface area (Å²) >= 11 is 1.27. The first-order chi connectivity index (χ1) is 9.47. The molecule has 0 aromatic rings. The number of aliphatic imine (C=N–C) groups is 1. The van der Waals surface area contributed by atoms with Gasteiger partial charge in [0.2, 0.25) is 0 Å². The van der Waals surface area contributed by atoms with Crippen LogP contribution < -0.4 is 10.6 Å². The van der Waals surface area contributed by atoms with Crippen molar-refractivity contribution in [2.45, 2.75) is 19.9 Å². The number of rotatable bonds is 5. The van der Waals surface area contributed by atoms with Gasteiger partial charge in [0.15, 0.2) is 5.17 Å². The molecule has 0 heterocycles. The third-order valence-electron chi connectivity index (χ3n) is 2.08. The normalized spacial score (nSPS) is 10.9. The summed E-state index contributed by atoms with van der Waals surface area (Å²) < 4.78 is 0. The molecule has 0 saturated heterocycles. The lowest BCUT2D eigenvalue weighted by molar-refractivity contribution is 0.215. The Balaban J connectivity index is 5.24. The summed E-state index contributed by atoms with van der Waals surface area (Å²) in [5.41, 5.74) is 0. The van der Waals surface area contributed by atoms with Crippen LogP contribution in [-0.4, -0.2) is 47.5 Å². The van der Waals surface area contributed by atoms with Crippen molar-refractivity contribution in [3.63, 3.8) is 0 Å². The van der Waals surface area contributed by atoms with Gasteiger partial charge in [0.05, 0.1) is 0 Å². The third-order valence-corrected chi connectivity index (χ3v) is 3.03. The van der Waals surface area contributed by atoms with E-state index in [2.05, 4.69) is 28.8 Å². The van der Waals surface area contributed by atoms with Gasteiger partial charge in [-0.05, 0) is 13.8 Å². The predicted molar refractivity (Wildman–Crippen MR) is 85.1 cm³/mol. The third kappa shape index (κ3) is 6.42. The average Bonchev–Trinajstić information content (AvgIpc) is 2.41. The molecule has 20 heavy (non-hydrogen) atoms. The van der Waals surface area contributed by atoms with Crippen LogP contribution in [0.4, 0.5) is 9.59 Å². The molecule has 7 heteroatoms. The van der Waals surface area contributed by atoms with Gasteiger partial charge >= 0.3 is 12.1 Å². The zero-order valence-electron chi connectivity index (χ0n) is 12.2. The van der Waals surface area contributed by atoms with Crippen LogP contribution in [0.5, 0.6) is 0 Å². The minimum atomic E-state index is -0.501. The molecule has 0 radical (unpaired) electrons. The van der Waals surface area contributed by atoms with Crippen molar-refractivity contribution >= 4 is 29.0 Å². The van der Waals surface area contributed by atoms with Gasteiger partial charge in [-0.2, -0.15) is 4.99 Å². The first-order valence-corrected chi connectivity index (χ1v) is 7.18. The van der Waals surface area contributed by atoms with E-state index in [-0.39, 0.29) is 12.1 Å². The number of carbonyl (C=O) groups is 2. The molecule has 0 saturated carbocycles. The molecule has 0 unspecified atom stereocenters. The van der Waals surface area contributed by atoms with Gasteiger partial charge in [-0.1, -0.05) is 23.9 Å². The van der Waals surface area contributed by atoms with Crippen LogP contribution in [0.15, 0.2) is 30.3 Å². The number of hydrogen-bond acceptors (Lipinski definition) is 3. The second-order valence-corrected chi connectivity index (χ2v) is 4.97. The Labute approximate surface area is 124 Å². The molecular weight excluding hydrogens is 276 g/mol. The van der Waals surface area contributed by atoms with Crippen molar-refractivity contribution in [2.24, 2.45) is 4.99 Å². The highest BCUT2D eigenvalue weighted by atomic mass is 32.2. The van der Waals surface area contributed by atoms with E-state index >= 15 is 0 Å². The Bertz CT molecular complexity index is 394. The zero-order valence-corrected chi connectivity index (χ0v) is 13.0. The summed E-state index contributed by atoms with van der Waals surface area (Å²) in [6, 6.07) is -0.960.